The van der Waals surface area contributed by atoms with Crippen molar-refractivity contribution in [3.05, 3.63) is 65.2 Å². The van der Waals surface area contributed by atoms with Crippen LogP contribution in [0.4, 0.5) is 13.2 Å². The summed E-state index contributed by atoms with van der Waals surface area (Å²) in [6.07, 6.45) is -4.52. The van der Waals surface area contributed by atoms with Crippen molar-refractivity contribution in [1.82, 2.24) is 9.62 Å². The van der Waals surface area contributed by atoms with Gasteiger partial charge in [0.15, 0.2) is 0 Å². The summed E-state index contributed by atoms with van der Waals surface area (Å²) in [5, 5.41) is 2.43. The molecule has 27 heavy (non-hydrogen) atoms. The molecule has 1 aliphatic rings. The maximum Gasteiger partial charge on any atom is 0.416 e. The zero-order valence-electron chi connectivity index (χ0n) is 14.3. The molecule has 1 unspecified atom stereocenters. The van der Waals surface area contributed by atoms with Crippen molar-refractivity contribution in [1.29, 1.82) is 0 Å². The minimum Gasteiger partial charge on any atom is -0.358 e. The Kier molecular flexibility index (Phi) is 5.00. The van der Waals surface area contributed by atoms with E-state index in [9.17, 15) is 26.4 Å². The van der Waals surface area contributed by atoms with Gasteiger partial charge in [0, 0.05) is 13.6 Å². The Morgan fingerprint density at radius 2 is 1.78 bits per heavy atom. The summed E-state index contributed by atoms with van der Waals surface area (Å²) >= 11 is 0. The van der Waals surface area contributed by atoms with E-state index in [4.69, 9.17) is 0 Å². The molecule has 0 aliphatic carbocycles. The lowest BCUT2D eigenvalue weighted by Gasteiger charge is -2.34. The lowest BCUT2D eigenvalue weighted by atomic mass is 9.95. The third-order valence-corrected chi connectivity index (χ3v) is 6.37. The number of hydrogen-bond acceptors (Lipinski definition) is 3. The van der Waals surface area contributed by atoms with Crippen molar-refractivity contribution in [2.24, 2.45) is 0 Å². The van der Waals surface area contributed by atoms with Crippen LogP contribution >= 0.6 is 0 Å². The molecule has 2 aromatic carbocycles. The first-order valence-corrected chi connectivity index (χ1v) is 9.56. The third kappa shape index (κ3) is 3.70. The molecule has 1 heterocycles. The summed E-state index contributed by atoms with van der Waals surface area (Å²) < 4.78 is 66.1. The van der Waals surface area contributed by atoms with Crippen LogP contribution in [0.25, 0.3) is 0 Å². The van der Waals surface area contributed by atoms with Crippen LogP contribution in [0.5, 0.6) is 0 Å². The van der Waals surface area contributed by atoms with Crippen molar-refractivity contribution in [3.8, 4) is 0 Å². The normalized spacial score (nSPS) is 18.0. The first-order valence-electron chi connectivity index (χ1n) is 8.12. The van der Waals surface area contributed by atoms with E-state index in [1.165, 1.54) is 7.05 Å². The lowest BCUT2D eigenvalue weighted by Crippen LogP contribution is -2.51. The largest absolute Gasteiger partial charge is 0.416 e. The second-order valence-electron chi connectivity index (χ2n) is 6.18. The molecule has 2 aromatic rings. The molecule has 3 rings (SSSR count). The molecule has 1 atom stereocenters. The van der Waals surface area contributed by atoms with Gasteiger partial charge in [-0.3, -0.25) is 4.79 Å². The number of nitrogens with zero attached hydrogens (tertiary/aromatic N) is 1. The molecule has 0 bridgehead atoms. The van der Waals surface area contributed by atoms with Gasteiger partial charge in [0.25, 0.3) is 0 Å². The average Bonchev–Trinajstić information content (AvgIpc) is 2.65. The van der Waals surface area contributed by atoms with Gasteiger partial charge < -0.3 is 5.32 Å². The van der Waals surface area contributed by atoms with Gasteiger partial charge in [-0.1, -0.05) is 30.3 Å². The molecule has 1 N–H and O–H groups in total. The Labute approximate surface area is 154 Å². The highest BCUT2D eigenvalue weighted by Gasteiger charge is 2.40. The first kappa shape index (κ1) is 19.4. The van der Waals surface area contributed by atoms with E-state index in [1.54, 1.807) is 24.3 Å². The topological polar surface area (TPSA) is 66.5 Å². The van der Waals surface area contributed by atoms with Crippen LogP contribution in [0, 0.1) is 0 Å². The van der Waals surface area contributed by atoms with Gasteiger partial charge in [0.2, 0.25) is 15.9 Å². The van der Waals surface area contributed by atoms with Gasteiger partial charge in [-0.15, -0.1) is 0 Å². The Morgan fingerprint density at radius 1 is 1.11 bits per heavy atom. The molecule has 1 amide bonds. The van der Waals surface area contributed by atoms with Gasteiger partial charge >= 0.3 is 6.18 Å². The molecule has 1 aliphatic heterocycles. The monoisotopic (exact) mass is 398 g/mol. The summed E-state index contributed by atoms with van der Waals surface area (Å²) in [6.45, 7) is -0.0904. The Hall–Kier alpha value is -2.39. The van der Waals surface area contributed by atoms with E-state index in [0.29, 0.717) is 11.6 Å². The van der Waals surface area contributed by atoms with E-state index in [1.807, 2.05) is 0 Å². The van der Waals surface area contributed by atoms with Crippen molar-refractivity contribution in [2.45, 2.75) is 30.1 Å². The fourth-order valence-electron chi connectivity index (χ4n) is 3.11. The zero-order valence-corrected chi connectivity index (χ0v) is 15.1. The fourth-order valence-corrected chi connectivity index (χ4v) is 4.72. The summed E-state index contributed by atoms with van der Waals surface area (Å²) in [5.41, 5.74) is 0.493. The third-order valence-electron chi connectivity index (χ3n) is 4.52. The van der Waals surface area contributed by atoms with E-state index < -0.39 is 38.6 Å². The number of benzene rings is 2. The van der Waals surface area contributed by atoms with Gasteiger partial charge in [-0.25, -0.2) is 8.42 Å². The molecule has 0 saturated heterocycles. The Bertz CT molecular complexity index is 974. The van der Waals surface area contributed by atoms with Crippen molar-refractivity contribution in [3.63, 3.8) is 0 Å². The van der Waals surface area contributed by atoms with Crippen LogP contribution in [0.1, 0.15) is 16.7 Å². The minimum atomic E-state index is -4.67. The number of likely N-dealkylation sites (N-methyl/N-ethyl adjacent to an activating group) is 1. The standard InChI is InChI=1S/C18H17F3N2O3S/c1-22-17(24)16-9-12-5-2-3-6-13(12)11-23(16)27(25,26)15-8-4-7-14(10-15)18(19,20)21/h2-8,10,16H,9,11H2,1H3,(H,22,24). The highest BCUT2D eigenvalue weighted by Crippen LogP contribution is 2.33. The number of carbonyl (C=O) groups is 1. The number of rotatable bonds is 3. The van der Waals surface area contributed by atoms with Crippen molar-refractivity contribution in [2.75, 3.05) is 7.05 Å². The summed E-state index contributed by atoms with van der Waals surface area (Å²) in [7, 11) is -2.93. The number of carbonyl (C=O) groups excluding carboxylic acids is 1. The van der Waals surface area contributed by atoms with E-state index in [2.05, 4.69) is 5.32 Å². The molecular formula is C18H17F3N2O3S. The predicted molar refractivity (Wildman–Crippen MR) is 92.2 cm³/mol. The van der Waals surface area contributed by atoms with Gasteiger partial charge in [-0.2, -0.15) is 17.5 Å². The second-order valence-corrected chi connectivity index (χ2v) is 8.07. The lowest BCUT2D eigenvalue weighted by molar-refractivity contribution is -0.137. The van der Waals surface area contributed by atoms with Crippen LogP contribution in [0.2, 0.25) is 0 Å². The highest BCUT2D eigenvalue weighted by atomic mass is 32.2. The summed E-state index contributed by atoms with van der Waals surface area (Å²) in [6, 6.07) is 9.59. The zero-order chi connectivity index (χ0) is 19.8. The SMILES string of the molecule is CNC(=O)C1Cc2ccccc2CN1S(=O)(=O)c1cccc(C(F)(F)F)c1. The fraction of sp³-hybridized carbons (Fsp3) is 0.278. The van der Waals surface area contributed by atoms with Gasteiger partial charge in [0.1, 0.15) is 6.04 Å². The molecule has 9 heteroatoms. The highest BCUT2D eigenvalue weighted by molar-refractivity contribution is 7.89. The van der Waals surface area contributed by atoms with E-state index in [-0.39, 0.29) is 13.0 Å². The maximum absolute atomic E-state index is 13.1. The maximum atomic E-state index is 13.1. The Morgan fingerprint density at radius 3 is 2.41 bits per heavy atom. The smallest absolute Gasteiger partial charge is 0.358 e. The van der Waals surface area contributed by atoms with Gasteiger partial charge in [0.05, 0.1) is 10.5 Å². The van der Waals surface area contributed by atoms with Crippen molar-refractivity contribution < 1.29 is 26.4 Å². The molecule has 0 aromatic heterocycles. The molecule has 0 spiro atoms. The number of amides is 1. The minimum absolute atomic E-state index is 0.0904. The predicted octanol–water partition coefficient (Wildman–Crippen LogP) is 2.57. The number of hydrogen-bond donors (Lipinski definition) is 1. The number of nitrogens with one attached hydrogen (secondary N) is 1. The molecule has 0 radical (unpaired) electrons. The number of halogens is 3. The number of fused-ring (bicyclic) bond motifs is 1. The summed E-state index contributed by atoms with van der Waals surface area (Å²) in [4.78, 5) is 11.8. The number of alkyl halides is 3. The first-order chi connectivity index (χ1) is 12.6. The molecule has 0 fully saturated rings. The van der Waals surface area contributed by atoms with Crippen LogP contribution in [-0.2, 0) is 34.0 Å². The quantitative estimate of drug-likeness (QED) is 0.864. The average molecular weight is 398 g/mol. The molecule has 0 saturated carbocycles. The van der Waals surface area contributed by atoms with E-state index in [0.717, 1.165) is 28.1 Å². The summed E-state index contributed by atoms with van der Waals surface area (Å²) in [5.74, 6) is -0.514. The van der Waals surface area contributed by atoms with Crippen LogP contribution in [0.15, 0.2) is 53.4 Å². The van der Waals surface area contributed by atoms with Gasteiger partial charge in [-0.05, 0) is 35.7 Å². The van der Waals surface area contributed by atoms with Crippen molar-refractivity contribution >= 4 is 15.9 Å². The number of sulfonamides is 1. The Balaban J connectivity index is 2.07. The molecule has 144 valence electrons. The molecular weight excluding hydrogens is 381 g/mol. The van der Waals surface area contributed by atoms with Crippen LogP contribution < -0.4 is 5.32 Å². The molecule has 5 nitrogen and oxygen atoms in total. The van der Waals surface area contributed by atoms with Crippen LogP contribution in [-0.4, -0.2) is 31.7 Å². The van der Waals surface area contributed by atoms with E-state index >= 15 is 0 Å². The van der Waals surface area contributed by atoms with Crippen LogP contribution in [0.3, 0.4) is 0 Å². The second kappa shape index (κ2) is 6.97.